The van der Waals surface area contributed by atoms with Crippen LogP contribution in [0.3, 0.4) is 0 Å². The lowest BCUT2D eigenvalue weighted by Gasteiger charge is -2.27. The van der Waals surface area contributed by atoms with Crippen molar-refractivity contribution in [1.82, 2.24) is 4.90 Å². The quantitative estimate of drug-likeness (QED) is 0.504. The standard InChI is InChI=1S/C18H29NO3/c1-5-9-22-14-17(20)13-19(11-15(2)3)12-16-7-6-8-18(10-16)21-4/h5-8,10,15,17,20H,1,9,11-14H2,2-4H3/t17-/m0/s1. The molecule has 0 bridgehead atoms. The molecule has 1 N–H and O–H groups in total. The van der Waals surface area contributed by atoms with Gasteiger partial charge in [-0.3, -0.25) is 4.90 Å². The van der Waals surface area contributed by atoms with E-state index in [1.807, 2.05) is 18.2 Å². The molecule has 22 heavy (non-hydrogen) atoms. The molecule has 1 aromatic carbocycles. The van der Waals surface area contributed by atoms with Gasteiger partial charge >= 0.3 is 0 Å². The van der Waals surface area contributed by atoms with E-state index in [0.29, 0.717) is 25.7 Å². The fraction of sp³-hybridized carbons (Fsp3) is 0.556. The Kier molecular flexibility index (Phi) is 8.82. The van der Waals surface area contributed by atoms with Crippen molar-refractivity contribution < 1.29 is 14.6 Å². The van der Waals surface area contributed by atoms with Crippen LogP contribution >= 0.6 is 0 Å². The molecule has 0 aliphatic carbocycles. The maximum absolute atomic E-state index is 10.1. The van der Waals surface area contributed by atoms with Crippen molar-refractivity contribution in [3.8, 4) is 5.75 Å². The minimum Gasteiger partial charge on any atom is -0.497 e. The number of ether oxygens (including phenoxy) is 2. The molecule has 1 atom stereocenters. The lowest BCUT2D eigenvalue weighted by atomic mass is 10.1. The molecule has 1 aromatic rings. The summed E-state index contributed by atoms with van der Waals surface area (Å²) in [6.07, 6.45) is 1.19. The summed E-state index contributed by atoms with van der Waals surface area (Å²) in [5, 5.41) is 10.1. The van der Waals surface area contributed by atoms with Crippen LogP contribution in [0.15, 0.2) is 36.9 Å². The van der Waals surface area contributed by atoms with Crippen molar-refractivity contribution >= 4 is 0 Å². The van der Waals surface area contributed by atoms with Gasteiger partial charge in [0.05, 0.1) is 26.4 Å². The van der Waals surface area contributed by atoms with E-state index in [1.165, 1.54) is 5.56 Å². The van der Waals surface area contributed by atoms with Gasteiger partial charge < -0.3 is 14.6 Å². The first-order valence-corrected chi connectivity index (χ1v) is 7.77. The molecule has 0 fully saturated rings. The van der Waals surface area contributed by atoms with Crippen molar-refractivity contribution in [2.75, 3.05) is 33.4 Å². The SMILES string of the molecule is C=CCOC[C@@H](O)CN(Cc1cccc(OC)c1)CC(C)C. The highest BCUT2D eigenvalue weighted by Crippen LogP contribution is 2.15. The van der Waals surface area contributed by atoms with Crippen LogP contribution in [0.1, 0.15) is 19.4 Å². The van der Waals surface area contributed by atoms with E-state index in [9.17, 15) is 5.11 Å². The van der Waals surface area contributed by atoms with Crippen LogP contribution in [0, 0.1) is 5.92 Å². The zero-order valence-corrected chi connectivity index (χ0v) is 14.0. The third kappa shape index (κ3) is 7.59. The van der Waals surface area contributed by atoms with Crippen LogP contribution in [0.4, 0.5) is 0 Å². The number of methoxy groups -OCH3 is 1. The maximum atomic E-state index is 10.1. The van der Waals surface area contributed by atoms with E-state index in [-0.39, 0.29) is 0 Å². The van der Waals surface area contributed by atoms with Gasteiger partial charge in [-0.25, -0.2) is 0 Å². The number of hydrogen-bond donors (Lipinski definition) is 1. The van der Waals surface area contributed by atoms with Gasteiger partial charge in [-0.1, -0.05) is 32.1 Å². The second kappa shape index (κ2) is 10.4. The second-order valence-corrected chi connectivity index (χ2v) is 5.92. The van der Waals surface area contributed by atoms with Crippen molar-refractivity contribution in [3.05, 3.63) is 42.5 Å². The molecule has 0 aliphatic rings. The maximum Gasteiger partial charge on any atom is 0.119 e. The summed E-state index contributed by atoms with van der Waals surface area (Å²) in [5.74, 6) is 1.39. The highest BCUT2D eigenvalue weighted by Gasteiger charge is 2.14. The molecule has 0 unspecified atom stereocenters. The van der Waals surface area contributed by atoms with Crippen LogP contribution in [0.2, 0.25) is 0 Å². The summed E-state index contributed by atoms with van der Waals surface area (Å²) in [6, 6.07) is 8.05. The Morgan fingerprint density at radius 2 is 2.09 bits per heavy atom. The van der Waals surface area contributed by atoms with Gasteiger partial charge in [-0.05, 0) is 23.6 Å². The number of aliphatic hydroxyl groups excluding tert-OH is 1. The number of hydrogen-bond acceptors (Lipinski definition) is 4. The van der Waals surface area contributed by atoms with E-state index < -0.39 is 6.10 Å². The van der Waals surface area contributed by atoms with E-state index in [0.717, 1.165) is 18.8 Å². The predicted octanol–water partition coefficient (Wildman–Crippen LogP) is 2.72. The lowest BCUT2D eigenvalue weighted by Crippen LogP contribution is -2.36. The van der Waals surface area contributed by atoms with E-state index in [2.05, 4.69) is 31.4 Å². The third-order valence-electron chi connectivity index (χ3n) is 3.18. The fourth-order valence-electron chi connectivity index (χ4n) is 2.39. The Morgan fingerprint density at radius 1 is 1.32 bits per heavy atom. The topological polar surface area (TPSA) is 41.9 Å². The summed E-state index contributed by atoms with van der Waals surface area (Å²) in [4.78, 5) is 2.25. The van der Waals surface area contributed by atoms with Crippen molar-refractivity contribution in [3.63, 3.8) is 0 Å². The number of aliphatic hydroxyl groups is 1. The van der Waals surface area contributed by atoms with Gasteiger partial charge in [-0.2, -0.15) is 0 Å². The zero-order chi connectivity index (χ0) is 16.4. The van der Waals surface area contributed by atoms with Crippen LogP contribution in [-0.2, 0) is 11.3 Å². The highest BCUT2D eigenvalue weighted by molar-refractivity contribution is 5.28. The molecule has 124 valence electrons. The van der Waals surface area contributed by atoms with Crippen LogP contribution < -0.4 is 4.74 Å². The summed E-state index contributed by atoms with van der Waals surface area (Å²) in [6.45, 7) is 11.1. The molecule has 0 aromatic heterocycles. The molecular formula is C18H29NO3. The summed E-state index contributed by atoms with van der Waals surface area (Å²) in [7, 11) is 1.67. The van der Waals surface area contributed by atoms with Gasteiger partial charge in [0, 0.05) is 19.6 Å². The van der Waals surface area contributed by atoms with Crippen LogP contribution in [0.25, 0.3) is 0 Å². The largest absolute Gasteiger partial charge is 0.497 e. The van der Waals surface area contributed by atoms with Crippen LogP contribution in [-0.4, -0.2) is 49.5 Å². The van der Waals surface area contributed by atoms with E-state index in [4.69, 9.17) is 9.47 Å². The molecule has 0 saturated carbocycles. The Bertz CT molecular complexity index is 434. The molecule has 0 radical (unpaired) electrons. The summed E-state index contributed by atoms with van der Waals surface area (Å²) < 4.78 is 10.6. The van der Waals surface area contributed by atoms with Crippen LogP contribution in [0.5, 0.6) is 5.75 Å². The monoisotopic (exact) mass is 307 g/mol. The average molecular weight is 307 g/mol. The highest BCUT2D eigenvalue weighted by atomic mass is 16.5. The van der Waals surface area contributed by atoms with E-state index >= 15 is 0 Å². The number of benzene rings is 1. The summed E-state index contributed by atoms with van der Waals surface area (Å²) >= 11 is 0. The van der Waals surface area contributed by atoms with Gasteiger partial charge in [-0.15, -0.1) is 6.58 Å². The zero-order valence-electron chi connectivity index (χ0n) is 14.0. The fourth-order valence-corrected chi connectivity index (χ4v) is 2.39. The summed E-state index contributed by atoms with van der Waals surface area (Å²) in [5.41, 5.74) is 1.18. The molecule has 4 heteroatoms. The Labute approximate surface area is 134 Å². The van der Waals surface area contributed by atoms with Crippen molar-refractivity contribution in [2.24, 2.45) is 5.92 Å². The predicted molar refractivity (Wildman–Crippen MR) is 90.1 cm³/mol. The average Bonchev–Trinajstić information content (AvgIpc) is 2.47. The molecular weight excluding hydrogens is 278 g/mol. The normalized spacial score (nSPS) is 12.6. The lowest BCUT2D eigenvalue weighted by molar-refractivity contribution is 0.0223. The molecule has 0 aliphatic heterocycles. The number of nitrogens with zero attached hydrogens (tertiary/aromatic N) is 1. The minimum atomic E-state index is -0.496. The molecule has 0 spiro atoms. The Balaban J connectivity index is 2.60. The first-order chi connectivity index (χ1) is 10.5. The van der Waals surface area contributed by atoms with Gasteiger partial charge in [0.15, 0.2) is 0 Å². The van der Waals surface area contributed by atoms with Gasteiger partial charge in [0.25, 0.3) is 0 Å². The Morgan fingerprint density at radius 3 is 2.73 bits per heavy atom. The molecule has 4 nitrogen and oxygen atoms in total. The Hall–Kier alpha value is -1.36. The first-order valence-electron chi connectivity index (χ1n) is 7.77. The van der Waals surface area contributed by atoms with Crippen molar-refractivity contribution in [2.45, 2.75) is 26.5 Å². The molecule has 0 amide bonds. The smallest absolute Gasteiger partial charge is 0.119 e. The van der Waals surface area contributed by atoms with Gasteiger partial charge in [0.2, 0.25) is 0 Å². The first kappa shape index (κ1) is 18.7. The van der Waals surface area contributed by atoms with E-state index in [1.54, 1.807) is 13.2 Å². The number of rotatable bonds is 11. The minimum absolute atomic E-state index is 0.332. The van der Waals surface area contributed by atoms with Crippen molar-refractivity contribution in [1.29, 1.82) is 0 Å². The molecule has 0 saturated heterocycles. The van der Waals surface area contributed by atoms with Gasteiger partial charge in [0.1, 0.15) is 5.75 Å². The second-order valence-electron chi connectivity index (χ2n) is 5.92. The molecule has 0 heterocycles. The third-order valence-corrected chi connectivity index (χ3v) is 3.18. The molecule has 1 rings (SSSR count).